The molecule has 1 unspecified atom stereocenters. The van der Waals surface area contributed by atoms with Gasteiger partial charge in [-0.05, 0) is 36.8 Å². The van der Waals surface area contributed by atoms with Crippen LogP contribution in [0.25, 0.3) is 16.9 Å². The fourth-order valence-corrected chi connectivity index (χ4v) is 3.66. The molecule has 35 heavy (non-hydrogen) atoms. The van der Waals surface area contributed by atoms with E-state index in [0.717, 1.165) is 13.0 Å². The van der Waals surface area contributed by atoms with E-state index in [4.69, 9.17) is 10.5 Å². The monoisotopic (exact) mass is 487 g/mol. The molecule has 2 aromatic carbocycles. The highest BCUT2D eigenvalue weighted by molar-refractivity contribution is 5.96. The zero-order valence-electron chi connectivity index (χ0n) is 18.7. The molecule has 2 aromatic heterocycles. The maximum absolute atomic E-state index is 13.5. The maximum Gasteiger partial charge on any atom is 0.397 e. The Hall–Kier alpha value is -4.15. The minimum Gasteiger partial charge on any atom is -0.496 e. The van der Waals surface area contributed by atoms with Gasteiger partial charge in [0.2, 0.25) is 5.95 Å². The molecule has 2 heterocycles. The second-order valence-corrected chi connectivity index (χ2v) is 7.83. The van der Waals surface area contributed by atoms with Crippen molar-refractivity contribution in [3.05, 3.63) is 77.4 Å². The van der Waals surface area contributed by atoms with E-state index in [1.165, 1.54) is 35.9 Å². The van der Waals surface area contributed by atoms with E-state index in [1.54, 1.807) is 24.3 Å². The van der Waals surface area contributed by atoms with Gasteiger partial charge >= 0.3 is 6.18 Å². The van der Waals surface area contributed by atoms with Crippen LogP contribution >= 0.6 is 0 Å². The van der Waals surface area contributed by atoms with Gasteiger partial charge in [-0.25, -0.2) is 14.4 Å². The van der Waals surface area contributed by atoms with Gasteiger partial charge in [-0.3, -0.25) is 9.20 Å². The number of hydrogen-bond acceptors (Lipinski definition) is 5. The first-order chi connectivity index (χ1) is 16.6. The van der Waals surface area contributed by atoms with Crippen molar-refractivity contribution in [2.75, 3.05) is 12.8 Å². The Kier molecular flexibility index (Phi) is 6.33. The number of nitrogens with one attached hydrogen (secondary N) is 1. The Balaban J connectivity index is 1.59. The minimum atomic E-state index is -4.48. The van der Waals surface area contributed by atoms with Crippen molar-refractivity contribution in [3.8, 4) is 17.1 Å². The zero-order valence-corrected chi connectivity index (χ0v) is 18.7. The summed E-state index contributed by atoms with van der Waals surface area (Å²) in [6, 6.07) is 11.8. The molecule has 4 aromatic rings. The summed E-state index contributed by atoms with van der Waals surface area (Å²) in [7, 11) is 1.38. The van der Waals surface area contributed by atoms with Crippen molar-refractivity contribution < 1.29 is 27.1 Å². The number of imidazole rings is 1. The van der Waals surface area contributed by atoms with E-state index in [1.807, 2.05) is 0 Å². The lowest BCUT2D eigenvalue weighted by molar-refractivity contribution is -0.146. The summed E-state index contributed by atoms with van der Waals surface area (Å²) in [6.45, 7) is 1.17. The number of nitrogens with two attached hydrogens (primary N) is 1. The fraction of sp³-hybridized carbons (Fsp3) is 0.208. The molecule has 0 radical (unpaired) electrons. The van der Waals surface area contributed by atoms with E-state index in [0.29, 0.717) is 11.1 Å². The summed E-state index contributed by atoms with van der Waals surface area (Å²) < 4.78 is 60.3. The van der Waals surface area contributed by atoms with Gasteiger partial charge < -0.3 is 15.8 Å². The third-order valence-corrected chi connectivity index (χ3v) is 5.58. The first kappa shape index (κ1) is 24.0. The predicted molar refractivity (Wildman–Crippen MR) is 121 cm³/mol. The van der Waals surface area contributed by atoms with Crippen LogP contribution in [0.2, 0.25) is 0 Å². The number of benzene rings is 2. The third kappa shape index (κ3) is 4.75. The standard InChI is InChI=1S/C24H21F4N5O2/c1-13(24(26,27)28)20-18-9-10-30-23(29)33(18)21(32-20)15-5-3-14(4-6-15)12-31-22(34)17-11-16(25)7-8-19(17)35-2/h3-11,13H,12H2,1-2H3,(H2,29,30)(H,31,34). The number of carbonyl (C=O) groups excluding carboxylic acids is 1. The SMILES string of the molecule is COc1ccc(F)cc1C(=O)NCc1ccc(-c2nc(C(C)C(F)(F)F)c3ccnc(N)n23)cc1. The second kappa shape index (κ2) is 9.24. The van der Waals surface area contributed by atoms with Crippen LogP contribution in [0.15, 0.2) is 54.7 Å². The van der Waals surface area contributed by atoms with Gasteiger partial charge in [0.1, 0.15) is 17.4 Å². The summed E-state index contributed by atoms with van der Waals surface area (Å²) in [5.74, 6) is -2.43. The molecule has 7 nitrogen and oxygen atoms in total. The lowest BCUT2D eigenvalue weighted by Gasteiger charge is -2.13. The van der Waals surface area contributed by atoms with Gasteiger partial charge in [-0.2, -0.15) is 13.2 Å². The first-order valence-corrected chi connectivity index (χ1v) is 10.5. The molecule has 0 saturated heterocycles. The molecule has 1 amide bonds. The lowest BCUT2D eigenvalue weighted by Crippen LogP contribution is -2.23. The Morgan fingerprint density at radius 1 is 1.17 bits per heavy atom. The van der Waals surface area contributed by atoms with Crippen LogP contribution in [-0.4, -0.2) is 33.6 Å². The van der Waals surface area contributed by atoms with Crippen molar-refractivity contribution in [2.24, 2.45) is 0 Å². The maximum atomic E-state index is 13.5. The Morgan fingerprint density at radius 3 is 2.54 bits per heavy atom. The molecule has 3 N–H and O–H groups in total. The van der Waals surface area contributed by atoms with Crippen LogP contribution in [0.4, 0.5) is 23.5 Å². The van der Waals surface area contributed by atoms with Crippen molar-refractivity contribution in [2.45, 2.75) is 25.6 Å². The van der Waals surface area contributed by atoms with E-state index in [-0.39, 0.29) is 40.8 Å². The van der Waals surface area contributed by atoms with Gasteiger partial charge in [0.15, 0.2) is 0 Å². The Bertz CT molecular complexity index is 1380. The number of carbonyl (C=O) groups is 1. The molecule has 0 bridgehead atoms. The Labute approximate surface area is 197 Å². The van der Waals surface area contributed by atoms with E-state index in [9.17, 15) is 22.4 Å². The molecular weight excluding hydrogens is 466 g/mol. The van der Waals surface area contributed by atoms with E-state index >= 15 is 0 Å². The number of nitrogens with zero attached hydrogens (tertiary/aromatic N) is 3. The van der Waals surface area contributed by atoms with Crippen LogP contribution in [0.5, 0.6) is 5.75 Å². The molecule has 0 aliphatic rings. The number of amides is 1. The number of methoxy groups -OCH3 is 1. The van der Waals surface area contributed by atoms with Gasteiger partial charge in [0.25, 0.3) is 5.91 Å². The molecule has 1 atom stereocenters. The molecule has 0 aliphatic heterocycles. The minimum absolute atomic E-state index is 0.00556. The van der Waals surface area contributed by atoms with Crippen LogP contribution < -0.4 is 15.8 Å². The number of aromatic nitrogens is 3. The average Bonchev–Trinajstić information content (AvgIpc) is 3.22. The largest absolute Gasteiger partial charge is 0.496 e. The summed E-state index contributed by atoms with van der Waals surface area (Å²) in [6.07, 6.45) is -3.14. The number of ether oxygens (including phenoxy) is 1. The molecule has 0 spiro atoms. The number of fused-ring (bicyclic) bond motifs is 1. The van der Waals surface area contributed by atoms with Crippen LogP contribution in [0.1, 0.15) is 34.5 Å². The smallest absolute Gasteiger partial charge is 0.397 e. The van der Waals surface area contributed by atoms with E-state index in [2.05, 4.69) is 15.3 Å². The highest BCUT2D eigenvalue weighted by atomic mass is 19.4. The summed E-state index contributed by atoms with van der Waals surface area (Å²) in [5.41, 5.74) is 7.31. The van der Waals surface area contributed by atoms with Gasteiger partial charge in [0.05, 0.1) is 29.8 Å². The van der Waals surface area contributed by atoms with Crippen molar-refractivity contribution in [1.82, 2.24) is 19.7 Å². The zero-order chi connectivity index (χ0) is 25.3. The number of hydrogen-bond donors (Lipinski definition) is 2. The second-order valence-electron chi connectivity index (χ2n) is 7.83. The number of halogens is 4. The predicted octanol–water partition coefficient (Wildman–Crippen LogP) is 4.72. The summed E-state index contributed by atoms with van der Waals surface area (Å²) in [4.78, 5) is 20.7. The van der Waals surface area contributed by atoms with Crippen molar-refractivity contribution in [1.29, 1.82) is 0 Å². The molecule has 4 rings (SSSR count). The lowest BCUT2D eigenvalue weighted by atomic mass is 10.1. The quantitative estimate of drug-likeness (QED) is 0.384. The van der Waals surface area contributed by atoms with Crippen LogP contribution in [0.3, 0.4) is 0 Å². The third-order valence-electron chi connectivity index (χ3n) is 5.58. The van der Waals surface area contributed by atoms with Crippen LogP contribution in [0, 0.1) is 5.82 Å². The average molecular weight is 487 g/mol. The van der Waals surface area contributed by atoms with Crippen molar-refractivity contribution in [3.63, 3.8) is 0 Å². The highest BCUT2D eigenvalue weighted by Crippen LogP contribution is 2.38. The molecule has 0 fully saturated rings. The van der Waals surface area contributed by atoms with Crippen LogP contribution in [-0.2, 0) is 6.54 Å². The van der Waals surface area contributed by atoms with E-state index < -0.39 is 23.8 Å². The molecular formula is C24H21F4N5O2. The first-order valence-electron chi connectivity index (χ1n) is 10.5. The van der Waals surface area contributed by atoms with Crippen molar-refractivity contribution >= 4 is 17.4 Å². The molecule has 0 saturated carbocycles. The Morgan fingerprint density at radius 2 is 1.89 bits per heavy atom. The summed E-state index contributed by atoms with van der Waals surface area (Å²) in [5, 5.41) is 2.69. The number of rotatable bonds is 6. The topological polar surface area (TPSA) is 94.5 Å². The molecule has 0 aliphatic carbocycles. The molecule has 182 valence electrons. The number of nitrogen functional groups attached to an aromatic ring is 1. The van der Waals surface area contributed by atoms with Gasteiger partial charge in [-0.1, -0.05) is 24.3 Å². The number of anilines is 1. The summed E-state index contributed by atoms with van der Waals surface area (Å²) >= 11 is 0. The highest BCUT2D eigenvalue weighted by Gasteiger charge is 2.40. The number of alkyl halides is 3. The molecule has 11 heteroatoms. The fourth-order valence-electron chi connectivity index (χ4n) is 3.66. The van der Waals surface area contributed by atoms with Gasteiger partial charge in [-0.15, -0.1) is 0 Å². The normalized spacial score (nSPS) is 12.5. The van der Waals surface area contributed by atoms with Gasteiger partial charge in [0, 0.05) is 18.3 Å².